The van der Waals surface area contributed by atoms with Crippen LogP contribution in [0, 0.1) is 11.8 Å². The van der Waals surface area contributed by atoms with Crippen LogP contribution >= 0.6 is 0 Å². The van der Waals surface area contributed by atoms with Gasteiger partial charge in [-0.1, -0.05) is 13.8 Å². The van der Waals surface area contributed by atoms with Crippen molar-refractivity contribution in [2.24, 2.45) is 11.8 Å². The van der Waals surface area contributed by atoms with Gasteiger partial charge in [-0.15, -0.1) is 13.2 Å². The normalized spacial score (nSPS) is 18.0. The van der Waals surface area contributed by atoms with Gasteiger partial charge < -0.3 is 21.3 Å². The highest BCUT2D eigenvalue weighted by Gasteiger charge is 2.36. The second-order valence-electron chi connectivity index (χ2n) is 8.23. The molecule has 0 aliphatic carbocycles. The van der Waals surface area contributed by atoms with Gasteiger partial charge in [0.25, 0.3) is 0 Å². The minimum atomic E-state index is -5.13. The number of amides is 4. The summed E-state index contributed by atoms with van der Waals surface area (Å²) in [6.07, 6.45) is -10.2. The molecular formula is C19H26F6N4O6. The number of carbonyl (C=O) groups excluding carboxylic acids is 5. The van der Waals surface area contributed by atoms with E-state index in [1.54, 1.807) is 13.8 Å². The number of alkyl halides is 6. The molecule has 10 nitrogen and oxygen atoms in total. The van der Waals surface area contributed by atoms with Gasteiger partial charge in [0.1, 0.15) is 19.2 Å². The number of hydrogen-bond donors (Lipinski definition) is 4. The topological polar surface area (TPSA) is 143 Å². The molecule has 16 heteroatoms. The molecule has 35 heavy (non-hydrogen) atoms. The van der Waals surface area contributed by atoms with E-state index in [9.17, 15) is 50.3 Å². The summed E-state index contributed by atoms with van der Waals surface area (Å²) in [6, 6.07) is -3.13. The molecule has 4 amide bonds. The molecule has 4 N–H and O–H groups in total. The fraction of sp³-hybridized carbons (Fsp3) is 0.737. The molecule has 0 saturated carbocycles. The third-order valence-corrected chi connectivity index (χ3v) is 4.75. The molecule has 0 radical (unpaired) electrons. The van der Waals surface area contributed by atoms with E-state index < -0.39 is 73.1 Å². The van der Waals surface area contributed by atoms with Crippen molar-refractivity contribution in [3.05, 3.63) is 0 Å². The van der Waals surface area contributed by atoms with Crippen LogP contribution in [0.1, 0.15) is 33.1 Å². The lowest BCUT2D eigenvalue weighted by molar-refractivity contribution is -0.321. The molecule has 1 fully saturated rings. The number of rotatable bonds is 11. The summed E-state index contributed by atoms with van der Waals surface area (Å²) in [6.45, 7) is 0.234. The van der Waals surface area contributed by atoms with E-state index in [0.717, 1.165) is 0 Å². The fourth-order valence-electron chi connectivity index (χ4n) is 3.14. The Labute approximate surface area is 195 Å². The minimum absolute atomic E-state index is 0.131. The first-order valence-corrected chi connectivity index (χ1v) is 10.5. The second kappa shape index (κ2) is 12.7. The van der Waals surface area contributed by atoms with E-state index in [1.165, 1.54) is 5.32 Å². The Morgan fingerprint density at radius 2 is 1.66 bits per heavy atom. The van der Waals surface area contributed by atoms with E-state index in [-0.39, 0.29) is 31.7 Å². The van der Waals surface area contributed by atoms with Gasteiger partial charge in [-0.3, -0.25) is 28.7 Å². The first-order valence-electron chi connectivity index (χ1n) is 10.5. The van der Waals surface area contributed by atoms with Crippen molar-refractivity contribution in [3.8, 4) is 0 Å². The zero-order valence-electron chi connectivity index (χ0n) is 18.8. The Balaban J connectivity index is 2.95. The molecule has 200 valence electrons. The van der Waals surface area contributed by atoms with Gasteiger partial charge in [-0.05, 0) is 25.2 Å². The Bertz CT molecular complexity index is 802. The number of ether oxygens (including phenoxy) is 1. The van der Waals surface area contributed by atoms with Crippen molar-refractivity contribution in [3.63, 3.8) is 0 Å². The predicted octanol–water partition coefficient (Wildman–Crippen LogP) is 0.312. The molecule has 1 unspecified atom stereocenters. The highest BCUT2D eigenvalue weighted by Crippen LogP contribution is 2.20. The van der Waals surface area contributed by atoms with Gasteiger partial charge in [0, 0.05) is 12.5 Å². The smallest absolute Gasteiger partial charge is 0.356 e. The summed E-state index contributed by atoms with van der Waals surface area (Å²) in [5.41, 5.74) is 0. The molecule has 1 aliphatic heterocycles. The standard InChI is InChI=1S/C19H26F6N4O6/c1-9(2)5-12(29-17(34)16(33)27-8-18(20,21)22)15(32)28-11(6-10-3-4-26-14(10)31)13(30)7-35-19(23,24)25/h9-12H,3-8H2,1-2H3,(H,26,31)(H,27,33)(H,28,32)(H,29,34)/t10-,11-,12?/m0/s1. The number of Topliss-reactive ketones (excluding diaryl/α,β-unsaturated/α-hetero) is 1. The lowest BCUT2D eigenvalue weighted by Gasteiger charge is -2.25. The average Bonchev–Trinajstić information content (AvgIpc) is 3.12. The van der Waals surface area contributed by atoms with Gasteiger partial charge in [0.05, 0.1) is 6.04 Å². The van der Waals surface area contributed by atoms with Crippen molar-refractivity contribution >= 4 is 29.4 Å². The lowest BCUT2D eigenvalue weighted by Crippen LogP contribution is -2.55. The number of carbonyl (C=O) groups is 5. The zero-order valence-corrected chi connectivity index (χ0v) is 18.8. The largest absolute Gasteiger partial charge is 0.522 e. The molecule has 1 rings (SSSR count). The van der Waals surface area contributed by atoms with Crippen LogP contribution < -0.4 is 21.3 Å². The maximum atomic E-state index is 12.8. The summed E-state index contributed by atoms with van der Waals surface area (Å²) in [5, 5.41) is 7.93. The van der Waals surface area contributed by atoms with Crippen LogP contribution in [0.4, 0.5) is 26.3 Å². The first kappa shape index (κ1) is 30.1. The van der Waals surface area contributed by atoms with E-state index in [4.69, 9.17) is 0 Å². The van der Waals surface area contributed by atoms with Gasteiger partial charge >= 0.3 is 24.4 Å². The highest BCUT2D eigenvalue weighted by atomic mass is 19.4. The van der Waals surface area contributed by atoms with Gasteiger partial charge in [-0.25, -0.2) is 0 Å². The van der Waals surface area contributed by atoms with Crippen LogP contribution in [0.5, 0.6) is 0 Å². The van der Waals surface area contributed by atoms with E-state index >= 15 is 0 Å². The van der Waals surface area contributed by atoms with Crippen LogP contribution in [0.2, 0.25) is 0 Å². The molecular weight excluding hydrogens is 494 g/mol. The molecule has 0 aromatic carbocycles. The molecule has 1 saturated heterocycles. The Morgan fingerprint density at radius 3 is 2.14 bits per heavy atom. The number of halogens is 6. The molecule has 0 bridgehead atoms. The number of hydrogen-bond acceptors (Lipinski definition) is 6. The van der Waals surface area contributed by atoms with Crippen molar-refractivity contribution < 1.29 is 55.1 Å². The van der Waals surface area contributed by atoms with Crippen LogP contribution in [0.15, 0.2) is 0 Å². The second-order valence-corrected chi connectivity index (χ2v) is 8.23. The summed E-state index contributed by atoms with van der Waals surface area (Å²) in [7, 11) is 0. The summed E-state index contributed by atoms with van der Waals surface area (Å²) in [4.78, 5) is 60.6. The Morgan fingerprint density at radius 1 is 1.03 bits per heavy atom. The van der Waals surface area contributed by atoms with Crippen molar-refractivity contribution in [2.75, 3.05) is 19.7 Å². The van der Waals surface area contributed by atoms with Crippen LogP contribution in [0.3, 0.4) is 0 Å². The molecule has 0 aromatic rings. The quantitative estimate of drug-likeness (QED) is 0.228. The van der Waals surface area contributed by atoms with Crippen molar-refractivity contribution in [1.29, 1.82) is 0 Å². The zero-order chi connectivity index (χ0) is 27.0. The molecule has 0 spiro atoms. The van der Waals surface area contributed by atoms with Gasteiger partial charge in [0.2, 0.25) is 11.8 Å². The Kier molecular flexibility index (Phi) is 10.9. The van der Waals surface area contributed by atoms with E-state index in [2.05, 4.69) is 15.4 Å². The minimum Gasteiger partial charge on any atom is -0.356 e. The number of nitrogens with one attached hydrogen (secondary N) is 4. The molecule has 0 aromatic heterocycles. The third kappa shape index (κ3) is 11.9. The maximum Gasteiger partial charge on any atom is 0.522 e. The molecule has 3 atom stereocenters. The monoisotopic (exact) mass is 520 g/mol. The van der Waals surface area contributed by atoms with E-state index in [1.807, 2.05) is 5.32 Å². The molecule has 1 aliphatic rings. The summed E-state index contributed by atoms with van der Waals surface area (Å²) < 4.78 is 77.3. The lowest BCUT2D eigenvalue weighted by atomic mass is 9.95. The average molecular weight is 520 g/mol. The maximum absolute atomic E-state index is 12.8. The summed E-state index contributed by atoms with van der Waals surface area (Å²) in [5.74, 6) is -7.07. The van der Waals surface area contributed by atoms with Crippen molar-refractivity contribution in [1.82, 2.24) is 21.3 Å². The first-order chi connectivity index (χ1) is 16.0. The highest BCUT2D eigenvalue weighted by molar-refractivity contribution is 6.35. The van der Waals surface area contributed by atoms with Crippen LogP contribution in [-0.4, -0.2) is 73.7 Å². The summed E-state index contributed by atoms with van der Waals surface area (Å²) >= 11 is 0. The van der Waals surface area contributed by atoms with Crippen molar-refractivity contribution in [2.45, 2.75) is 57.7 Å². The number of ketones is 1. The van der Waals surface area contributed by atoms with Crippen LogP contribution in [0.25, 0.3) is 0 Å². The fourth-order valence-corrected chi connectivity index (χ4v) is 3.14. The van der Waals surface area contributed by atoms with Crippen LogP contribution in [-0.2, 0) is 28.7 Å². The molecule has 1 heterocycles. The Hall–Kier alpha value is -2.91. The SMILES string of the molecule is CC(C)CC(NC(=O)C(=O)NCC(F)(F)F)C(=O)N[C@@H](C[C@@H]1CCNC1=O)C(=O)COC(F)(F)F. The van der Waals surface area contributed by atoms with Gasteiger partial charge in [0.15, 0.2) is 5.78 Å². The van der Waals surface area contributed by atoms with Gasteiger partial charge in [-0.2, -0.15) is 13.2 Å². The third-order valence-electron chi connectivity index (χ3n) is 4.75. The van der Waals surface area contributed by atoms with E-state index in [0.29, 0.717) is 0 Å². The predicted molar refractivity (Wildman–Crippen MR) is 105 cm³/mol.